The molecule has 0 fully saturated rings. The number of aryl methyl sites for hydroxylation is 1. The summed E-state index contributed by atoms with van der Waals surface area (Å²) in [6.07, 6.45) is 0. The van der Waals surface area contributed by atoms with Gasteiger partial charge in [0.25, 0.3) is 0 Å². The van der Waals surface area contributed by atoms with Crippen LogP contribution in [0, 0.1) is 18.8 Å². The lowest BCUT2D eigenvalue weighted by atomic mass is 10.1. The van der Waals surface area contributed by atoms with E-state index in [2.05, 4.69) is 36.2 Å². The third-order valence-electron chi connectivity index (χ3n) is 2.59. The summed E-state index contributed by atoms with van der Waals surface area (Å²) >= 11 is 0. The maximum absolute atomic E-state index is 3.19. The zero-order chi connectivity index (χ0) is 12.1. The number of nitrogens with one attached hydrogen (secondary N) is 1. The summed E-state index contributed by atoms with van der Waals surface area (Å²) in [6, 6.07) is 16.3. The molecule has 0 aliphatic carbocycles. The zero-order valence-electron chi connectivity index (χ0n) is 10.1. The molecule has 1 N–H and O–H groups in total. The van der Waals surface area contributed by atoms with E-state index in [4.69, 9.17) is 0 Å². The van der Waals surface area contributed by atoms with Crippen LogP contribution in [-0.4, -0.2) is 7.05 Å². The minimum atomic E-state index is 1.02. The van der Waals surface area contributed by atoms with E-state index in [0.29, 0.717) is 0 Å². The van der Waals surface area contributed by atoms with Crippen LogP contribution in [0.5, 0.6) is 0 Å². The minimum Gasteiger partial charge on any atom is -0.387 e. The normalized spacial score (nSPS) is 9.29. The van der Waals surface area contributed by atoms with Crippen LogP contribution in [0.25, 0.3) is 0 Å². The van der Waals surface area contributed by atoms with Crippen molar-refractivity contribution in [3.05, 3.63) is 65.2 Å². The summed E-state index contributed by atoms with van der Waals surface area (Å²) in [5, 5.41) is 3.14. The standard InChI is InChI=1S/C16H15N/c1-13-7-9-14(10-8-13)11-12-15-5-3-4-6-16(15)17-2/h3-10,17H,1-2H3. The first-order chi connectivity index (χ1) is 8.29. The summed E-state index contributed by atoms with van der Waals surface area (Å²) in [7, 11) is 1.91. The predicted octanol–water partition coefficient (Wildman–Crippen LogP) is 3.44. The van der Waals surface area contributed by atoms with Gasteiger partial charge in [0.2, 0.25) is 0 Å². The van der Waals surface area contributed by atoms with Crippen LogP contribution < -0.4 is 5.32 Å². The number of hydrogen-bond donors (Lipinski definition) is 1. The molecule has 0 spiro atoms. The summed E-state index contributed by atoms with van der Waals surface area (Å²) < 4.78 is 0. The number of benzene rings is 2. The molecule has 0 aliphatic rings. The number of anilines is 1. The van der Waals surface area contributed by atoms with Gasteiger partial charge in [-0.2, -0.15) is 0 Å². The fourth-order valence-corrected chi connectivity index (χ4v) is 1.59. The molecule has 0 aromatic heterocycles. The average Bonchev–Trinajstić information content (AvgIpc) is 2.38. The van der Waals surface area contributed by atoms with Gasteiger partial charge < -0.3 is 5.32 Å². The Balaban J connectivity index is 2.29. The Labute approximate surface area is 102 Å². The van der Waals surface area contributed by atoms with Crippen LogP contribution >= 0.6 is 0 Å². The molecule has 0 unspecified atom stereocenters. The summed E-state index contributed by atoms with van der Waals surface area (Å²) in [5.41, 5.74) is 4.38. The molecule has 2 aromatic rings. The van der Waals surface area contributed by atoms with E-state index in [1.54, 1.807) is 0 Å². The van der Waals surface area contributed by atoms with E-state index < -0.39 is 0 Å². The second kappa shape index (κ2) is 5.23. The molecule has 1 heteroatoms. The molecule has 2 rings (SSSR count). The highest BCUT2D eigenvalue weighted by molar-refractivity contribution is 5.59. The van der Waals surface area contributed by atoms with Crippen LogP contribution in [0.3, 0.4) is 0 Å². The van der Waals surface area contributed by atoms with Crippen molar-refractivity contribution in [3.8, 4) is 11.8 Å². The van der Waals surface area contributed by atoms with Crippen molar-refractivity contribution in [2.45, 2.75) is 6.92 Å². The summed E-state index contributed by atoms with van der Waals surface area (Å²) in [4.78, 5) is 0. The molecule has 0 bridgehead atoms. The van der Waals surface area contributed by atoms with E-state index in [0.717, 1.165) is 16.8 Å². The van der Waals surface area contributed by atoms with E-state index in [1.165, 1.54) is 5.56 Å². The molecule has 1 nitrogen and oxygen atoms in total. The van der Waals surface area contributed by atoms with Crippen molar-refractivity contribution in [1.29, 1.82) is 0 Å². The lowest BCUT2D eigenvalue weighted by molar-refractivity contribution is 1.46. The molecule has 0 atom stereocenters. The van der Waals surface area contributed by atoms with Gasteiger partial charge in [-0.25, -0.2) is 0 Å². The van der Waals surface area contributed by atoms with Gasteiger partial charge in [0.15, 0.2) is 0 Å². The Bertz CT molecular complexity index is 556. The highest BCUT2D eigenvalue weighted by atomic mass is 14.8. The first-order valence-corrected chi connectivity index (χ1v) is 5.65. The second-order valence-electron chi connectivity index (χ2n) is 3.91. The fourth-order valence-electron chi connectivity index (χ4n) is 1.59. The SMILES string of the molecule is CNc1ccccc1C#Cc1ccc(C)cc1. The van der Waals surface area contributed by atoms with Gasteiger partial charge >= 0.3 is 0 Å². The van der Waals surface area contributed by atoms with Crippen LogP contribution in [0.1, 0.15) is 16.7 Å². The highest BCUT2D eigenvalue weighted by Crippen LogP contribution is 2.12. The Hall–Kier alpha value is -2.20. The predicted molar refractivity (Wildman–Crippen MR) is 73.1 cm³/mol. The van der Waals surface area contributed by atoms with Gasteiger partial charge in [-0.1, -0.05) is 41.7 Å². The molecule has 84 valence electrons. The van der Waals surface area contributed by atoms with E-state index in [9.17, 15) is 0 Å². The topological polar surface area (TPSA) is 12.0 Å². The molecule has 0 amide bonds. The Kier molecular flexibility index (Phi) is 3.47. The molecule has 0 saturated heterocycles. The fraction of sp³-hybridized carbons (Fsp3) is 0.125. The van der Waals surface area contributed by atoms with E-state index in [1.807, 2.05) is 43.4 Å². The van der Waals surface area contributed by atoms with E-state index >= 15 is 0 Å². The second-order valence-corrected chi connectivity index (χ2v) is 3.91. The lowest BCUT2D eigenvalue weighted by Crippen LogP contribution is -1.90. The third kappa shape index (κ3) is 2.89. The maximum Gasteiger partial charge on any atom is 0.0496 e. The van der Waals surface area contributed by atoms with Gasteiger partial charge in [0, 0.05) is 23.9 Å². The molecule has 2 aromatic carbocycles. The van der Waals surface area contributed by atoms with E-state index in [-0.39, 0.29) is 0 Å². The maximum atomic E-state index is 3.19. The van der Waals surface area contributed by atoms with Crippen LogP contribution in [0.15, 0.2) is 48.5 Å². The van der Waals surface area contributed by atoms with Gasteiger partial charge in [-0.05, 0) is 31.2 Å². The molecule has 0 radical (unpaired) electrons. The molecular formula is C16H15N. The molecule has 17 heavy (non-hydrogen) atoms. The summed E-state index contributed by atoms with van der Waals surface area (Å²) in [6.45, 7) is 2.08. The molecule has 0 saturated carbocycles. The Morgan fingerprint density at radius 1 is 0.882 bits per heavy atom. The number of rotatable bonds is 1. The first kappa shape index (κ1) is 11.3. The monoisotopic (exact) mass is 221 g/mol. The van der Waals surface area contributed by atoms with Crippen LogP contribution in [0.4, 0.5) is 5.69 Å². The van der Waals surface area contributed by atoms with Crippen LogP contribution in [0.2, 0.25) is 0 Å². The smallest absolute Gasteiger partial charge is 0.0496 e. The van der Waals surface area contributed by atoms with Gasteiger partial charge in [-0.15, -0.1) is 0 Å². The van der Waals surface area contributed by atoms with Crippen molar-refractivity contribution in [3.63, 3.8) is 0 Å². The third-order valence-corrected chi connectivity index (χ3v) is 2.59. The van der Waals surface area contributed by atoms with Crippen LogP contribution in [-0.2, 0) is 0 Å². The Morgan fingerprint density at radius 2 is 1.59 bits per heavy atom. The first-order valence-electron chi connectivity index (χ1n) is 5.65. The van der Waals surface area contributed by atoms with Crippen molar-refractivity contribution in [2.75, 3.05) is 12.4 Å². The molecule has 0 heterocycles. The van der Waals surface area contributed by atoms with Gasteiger partial charge in [-0.3, -0.25) is 0 Å². The Morgan fingerprint density at radius 3 is 2.29 bits per heavy atom. The zero-order valence-corrected chi connectivity index (χ0v) is 10.1. The minimum absolute atomic E-state index is 1.02. The van der Waals surface area contributed by atoms with Gasteiger partial charge in [0.1, 0.15) is 0 Å². The summed E-state index contributed by atoms with van der Waals surface area (Å²) in [5.74, 6) is 6.36. The quantitative estimate of drug-likeness (QED) is 0.727. The average molecular weight is 221 g/mol. The van der Waals surface area contributed by atoms with Crippen molar-refractivity contribution >= 4 is 5.69 Å². The number of para-hydroxylation sites is 1. The van der Waals surface area contributed by atoms with Crippen molar-refractivity contribution < 1.29 is 0 Å². The lowest BCUT2D eigenvalue weighted by Gasteiger charge is -2.01. The van der Waals surface area contributed by atoms with Crippen molar-refractivity contribution in [1.82, 2.24) is 0 Å². The van der Waals surface area contributed by atoms with Crippen molar-refractivity contribution in [2.24, 2.45) is 0 Å². The van der Waals surface area contributed by atoms with Gasteiger partial charge in [0.05, 0.1) is 0 Å². The highest BCUT2D eigenvalue weighted by Gasteiger charge is 1.94. The molecular weight excluding hydrogens is 206 g/mol. The largest absolute Gasteiger partial charge is 0.387 e. The number of hydrogen-bond acceptors (Lipinski definition) is 1. The molecule has 0 aliphatic heterocycles.